The van der Waals surface area contributed by atoms with Crippen LogP contribution < -0.4 is 20.3 Å². The standard InChI is InChI=1S/C26H34N8O3S/c1-17-16-21(32-31-17)28-23-22(37-15-14-36-3)24(34-12-10-33(2)11-13-34)30-26(29-23)38-20-8-6-19(7-9-20)27-25(35)18-4-5-18/h6-9,16,18H,4-5,10-15H2,1-3H3,(H,27,35)(H2,28,29,30,31,32). The van der Waals surface area contributed by atoms with Gasteiger partial charge in [0.15, 0.2) is 22.6 Å². The molecule has 1 saturated heterocycles. The van der Waals surface area contributed by atoms with Crippen molar-refractivity contribution in [3.05, 3.63) is 36.0 Å². The number of amides is 1. The number of rotatable bonds is 11. The van der Waals surface area contributed by atoms with Gasteiger partial charge in [-0.05, 0) is 62.8 Å². The maximum atomic E-state index is 12.1. The fraction of sp³-hybridized carbons (Fsp3) is 0.462. The van der Waals surface area contributed by atoms with Crippen LogP contribution in [0.1, 0.15) is 18.5 Å². The molecular weight excluding hydrogens is 504 g/mol. The van der Waals surface area contributed by atoms with Crippen molar-refractivity contribution in [2.45, 2.75) is 29.8 Å². The Hall–Kier alpha value is -3.35. The molecule has 202 valence electrons. The van der Waals surface area contributed by atoms with Gasteiger partial charge in [-0.1, -0.05) is 0 Å². The molecule has 11 nitrogen and oxygen atoms in total. The molecule has 3 N–H and O–H groups in total. The molecule has 0 radical (unpaired) electrons. The Morgan fingerprint density at radius 3 is 2.55 bits per heavy atom. The highest BCUT2D eigenvalue weighted by atomic mass is 32.2. The first kappa shape index (κ1) is 26.3. The van der Waals surface area contributed by atoms with Crippen molar-refractivity contribution < 1.29 is 14.3 Å². The molecule has 0 atom stereocenters. The zero-order valence-electron chi connectivity index (χ0n) is 22.0. The van der Waals surface area contributed by atoms with E-state index in [0.29, 0.717) is 35.8 Å². The Kier molecular flexibility index (Phi) is 8.30. The summed E-state index contributed by atoms with van der Waals surface area (Å²) in [5.41, 5.74) is 1.73. The third-order valence-electron chi connectivity index (χ3n) is 6.40. The van der Waals surface area contributed by atoms with Crippen molar-refractivity contribution in [2.24, 2.45) is 5.92 Å². The normalized spacial score (nSPS) is 15.9. The van der Waals surface area contributed by atoms with Crippen LogP contribution in [0.25, 0.3) is 0 Å². The second kappa shape index (κ2) is 12.0. The van der Waals surface area contributed by atoms with E-state index in [2.05, 4.69) is 37.7 Å². The van der Waals surface area contributed by atoms with Crippen LogP contribution in [-0.2, 0) is 9.53 Å². The lowest BCUT2D eigenvalue weighted by Gasteiger charge is -2.34. The molecule has 1 aromatic carbocycles. The highest BCUT2D eigenvalue weighted by Crippen LogP contribution is 2.39. The molecule has 1 aliphatic heterocycles. The number of hydrogen-bond donors (Lipinski definition) is 3. The molecule has 0 bridgehead atoms. The number of carbonyl (C=O) groups is 1. The second-order valence-corrected chi connectivity index (χ2v) is 10.6. The van der Waals surface area contributed by atoms with Gasteiger partial charge < -0.3 is 29.9 Å². The third-order valence-corrected chi connectivity index (χ3v) is 7.27. The summed E-state index contributed by atoms with van der Waals surface area (Å²) in [6, 6.07) is 9.69. The molecular formula is C26H34N8O3S. The molecule has 1 saturated carbocycles. The number of nitrogens with zero attached hydrogens (tertiary/aromatic N) is 5. The molecule has 0 spiro atoms. The van der Waals surface area contributed by atoms with Crippen LogP contribution >= 0.6 is 11.8 Å². The number of aryl methyl sites for hydroxylation is 1. The largest absolute Gasteiger partial charge is 0.484 e. The average molecular weight is 539 g/mol. The highest BCUT2D eigenvalue weighted by molar-refractivity contribution is 7.99. The second-order valence-electron chi connectivity index (χ2n) is 9.59. The minimum absolute atomic E-state index is 0.0962. The van der Waals surface area contributed by atoms with Crippen LogP contribution in [-0.4, -0.2) is 84.5 Å². The van der Waals surface area contributed by atoms with E-state index >= 15 is 0 Å². The summed E-state index contributed by atoms with van der Waals surface area (Å²) in [6.07, 6.45) is 1.96. The van der Waals surface area contributed by atoms with Crippen molar-refractivity contribution in [1.82, 2.24) is 25.1 Å². The SMILES string of the molecule is COCCOc1c(Nc2cc(C)[nH]n2)nc(Sc2ccc(NC(=O)C3CC3)cc2)nc1N1CCN(C)CC1. The molecule has 0 unspecified atom stereocenters. The lowest BCUT2D eigenvalue weighted by atomic mass is 10.3. The number of carbonyl (C=O) groups excluding carboxylic acids is 1. The molecule has 3 aromatic rings. The number of piperazine rings is 1. The minimum Gasteiger partial charge on any atom is -0.484 e. The molecule has 5 rings (SSSR count). The van der Waals surface area contributed by atoms with E-state index in [-0.39, 0.29) is 11.8 Å². The van der Waals surface area contributed by atoms with Crippen molar-refractivity contribution in [2.75, 3.05) is 69.1 Å². The smallest absolute Gasteiger partial charge is 0.227 e. The quantitative estimate of drug-likeness (QED) is 0.247. The summed E-state index contributed by atoms with van der Waals surface area (Å²) in [4.78, 5) is 27.4. The summed E-state index contributed by atoms with van der Waals surface area (Å²) in [5.74, 6) is 2.78. The van der Waals surface area contributed by atoms with Crippen molar-refractivity contribution in [3.8, 4) is 5.75 Å². The van der Waals surface area contributed by atoms with Crippen LogP contribution in [0.3, 0.4) is 0 Å². The molecule has 1 aliphatic carbocycles. The number of methoxy groups -OCH3 is 1. The molecule has 1 amide bonds. The maximum Gasteiger partial charge on any atom is 0.227 e. The van der Waals surface area contributed by atoms with Crippen LogP contribution in [0.15, 0.2) is 40.4 Å². The van der Waals surface area contributed by atoms with Gasteiger partial charge in [-0.2, -0.15) is 5.10 Å². The van der Waals surface area contributed by atoms with Crippen LogP contribution in [0.2, 0.25) is 0 Å². The van der Waals surface area contributed by atoms with E-state index in [4.69, 9.17) is 19.4 Å². The topological polar surface area (TPSA) is 121 Å². The Morgan fingerprint density at radius 2 is 1.89 bits per heavy atom. The fourth-order valence-electron chi connectivity index (χ4n) is 4.05. The summed E-state index contributed by atoms with van der Waals surface area (Å²) >= 11 is 1.46. The van der Waals surface area contributed by atoms with E-state index in [1.54, 1.807) is 7.11 Å². The Labute approximate surface area is 226 Å². The summed E-state index contributed by atoms with van der Waals surface area (Å²) in [5, 5.41) is 14.2. The summed E-state index contributed by atoms with van der Waals surface area (Å²) < 4.78 is 11.4. The number of ether oxygens (including phenoxy) is 2. The van der Waals surface area contributed by atoms with E-state index < -0.39 is 0 Å². The van der Waals surface area contributed by atoms with Gasteiger partial charge in [-0.15, -0.1) is 0 Å². The molecule has 2 aliphatic rings. The highest BCUT2D eigenvalue weighted by Gasteiger charge is 2.29. The number of benzene rings is 1. The summed E-state index contributed by atoms with van der Waals surface area (Å²) in [6.45, 7) is 6.28. The molecule has 12 heteroatoms. The molecule has 3 heterocycles. The van der Waals surface area contributed by atoms with Gasteiger partial charge in [-0.3, -0.25) is 9.89 Å². The van der Waals surface area contributed by atoms with Crippen LogP contribution in [0, 0.1) is 12.8 Å². The maximum absolute atomic E-state index is 12.1. The Morgan fingerprint density at radius 1 is 1.13 bits per heavy atom. The number of aromatic amines is 1. The van der Waals surface area contributed by atoms with Crippen LogP contribution in [0.5, 0.6) is 5.75 Å². The lowest BCUT2D eigenvalue weighted by Crippen LogP contribution is -2.45. The van der Waals surface area contributed by atoms with E-state index in [1.165, 1.54) is 11.8 Å². The van der Waals surface area contributed by atoms with E-state index in [0.717, 1.165) is 61.1 Å². The predicted molar refractivity (Wildman–Crippen MR) is 148 cm³/mol. The van der Waals surface area contributed by atoms with Crippen LogP contribution in [0.4, 0.5) is 23.1 Å². The minimum atomic E-state index is 0.0962. The zero-order valence-corrected chi connectivity index (χ0v) is 22.8. The number of hydrogen-bond acceptors (Lipinski definition) is 10. The van der Waals surface area contributed by atoms with Crippen molar-refractivity contribution >= 4 is 40.8 Å². The zero-order chi connectivity index (χ0) is 26.5. The predicted octanol–water partition coefficient (Wildman–Crippen LogP) is 3.53. The Bertz CT molecular complexity index is 1240. The van der Waals surface area contributed by atoms with Gasteiger partial charge in [0.1, 0.15) is 6.61 Å². The lowest BCUT2D eigenvalue weighted by molar-refractivity contribution is -0.117. The Balaban J connectivity index is 1.44. The van der Waals surface area contributed by atoms with Gasteiger partial charge in [0.05, 0.1) is 6.61 Å². The summed E-state index contributed by atoms with van der Waals surface area (Å²) in [7, 11) is 3.77. The van der Waals surface area contributed by atoms with Crippen molar-refractivity contribution in [1.29, 1.82) is 0 Å². The monoisotopic (exact) mass is 538 g/mol. The molecule has 2 fully saturated rings. The first-order chi connectivity index (χ1) is 18.5. The number of aromatic nitrogens is 4. The number of likely N-dealkylation sites (N-methyl/N-ethyl adjacent to an activating group) is 1. The van der Waals surface area contributed by atoms with E-state index in [9.17, 15) is 4.79 Å². The molecule has 2 aromatic heterocycles. The number of anilines is 4. The first-order valence-electron chi connectivity index (χ1n) is 12.8. The van der Waals surface area contributed by atoms with E-state index in [1.807, 2.05) is 37.3 Å². The third kappa shape index (κ3) is 6.74. The first-order valence-corrected chi connectivity index (χ1v) is 13.6. The van der Waals surface area contributed by atoms with Gasteiger partial charge in [0.25, 0.3) is 0 Å². The van der Waals surface area contributed by atoms with Gasteiger partial charge >= 0.3 is 0 Å². The van der Waals surface area contributed by atoms with Gasteiger partial charge in [-0.25, -0.2) is 9.97 Å². The van der Waals surface area contributed by atoms with Gasteiger partial charge in [0.2, 0.25) is 11.7 Å². The fourth-order valence-corrected chi connectivity index (χ4v) is 4.80. The van der Waals surface area contributed by atoms with Crippen molar-refractivity contribution in [3.63, 3.8) is 0 Å². The average Bonchev–Trinajstić information content (AvgIpc) is 3.69. The van der Waals surface area contributed by atoms with Gasteiger partial charge in [0, 0.05) is 61.5 Å². The number of nitrogens with one attached hydrogen (secondary N) is 3. The molecule has 38 heavy (non-hydrogen) atoms. The number of H-pyrrole nitrogens is 1.